The number of pyridine rings is 1. The van der Waals surface area contributed by atoms with E-state index in [2.05, 4.69) is 80.7 Å². The molecule has 2 heteroatoms. The van der Waals surface area contributed by atoms with Crippen LogP contribution in [0.2, 0.25) is 0 Å². The van der Waals surface area contributed by atoms with Crippen LogP contribution in [0.4, 0.5) is 0 Å². The molecule has 0 N–H and O–H groups in total. The van der Waals surface area contributed by atoms with E-state index < -0.39 is 0 Å². The average Bonchev–Trinajstić information content (AvgIpc) is 2.87. The minimum absolute atomic E-state index is 0.816. The Morgan fingerprint density at radius 1 is 0.576 bits per heavy atom. The van der Waals surface area contributed by atoms with Gasteiger partial charge < -0.3 is 4.74 Å². The average molecular weight is 444 g/mol. The van der Waals surface area contributed by atoms with Gasteiger partial charge in [-0.2, -0.15) is 0 Å². The predicted octanol–water partition coefficient (Wildman–Crippen LogP) is 8.62. The number of benzene rings is 2. The first-order valence-electron chi connectivity index (χ1n) is 13.0. The van der Waals surface area contributed by atoms with Gasteiger partial charge in [-0.1, -0.05) is 94.8 Å². The van der Waals surface area contributed by atoms with Crippen LogP contribution >= 0.6 is 0 Å². The molecule has 0 saturated heterocycles. The van der Waals surface area contributed by atoms with Crippen LogP contribution in [0.5, 0.6) is 5.75 Å². The molecular formula is C31H41NO. The third-order valence-electron chi connectivity index (χ3n) is 6.29. The van der Waals surface area contributed by atoms with Crippen LogP contribution in [0.25, 0.3) is 11.3 Å². The molecule has 2 nitrogen and oxygen atoms in total. The molecule has 0 saturated carbocycles. The summed E-state index contributed by atoms with van der Waals surface area (Å²) in [5.41, 5.74) is 6.32. The van der Waals surface area contributed by atoms with E-state index in [-0.39, 0.29) is 0 Å². The van der Waals surface area contributed by atoms with Crippen LogP contribution < -0.4 is 4.74 Å². The van der Waals surface area contributed by atoms with E-state index in [1.54, 1.807) is 0 Å². The molecule has 1 heterocycles. The summed E-state index contributed by atoms with van der Waals surface area (Å²) in [6, 6.07) is 21.9. The van der Waals surface area contributed by atoms with E-state index in [4.69, 9.17) is 9.72 Å². The van der Waals surface area contributed by atoms with Gasteiger partial charge in [-0.15, -0.1) is 0 Å². The zero-order valence-corrected chi connectivity index (χ0v) is 20.7. The van der Waals surface area contributed by atoms with Gasteiger partial charge in [0.25, 0.3) is 0 Å². The van der Waals surface area contributed by atoms with Crippen molar-refractivity contribution in [1.29, 1.82) is 0 Å². The highest BCUT2D eigenvalue weighted by atomic mass is 16.5. The number of nitrogens with zero attached hydrogens (tertiary/aromatic N) is 1. The first-order valence-corrected chi connectivity index (χ1v) is 13.0. The van der Waals surface area contributed by atoms with Crippen LogP contribution in [0, 0.1) is 0 Å². The molecule has 3 rings (SSSR count). The van der Waals surface area contributed by atoms with Crippen molar-refractivity contribution in [2.45, 2.75) is 84.5 Å². The van der Waals surface area contributed by atoms with E-state index in [0.29, 0.717) is 0 Å². The van der Waals surface area contributed by atoms with Crippen LogP contribution in [0.15, 0.2) is 66.9 Å². The second kappa shape index (κ2) is 14.5. The zero-order chi connectivity index (χ0) is 23.1. The molecule has 2 aromatic carbocycles. The fraction of sp³-hybridized carbons (Fsp3) is 0.452. The number of aryl methyl sites for hydroxylation is 3. The molecule has 3 aromatic rings. The van der Waals surface area contributed by atoms with Crippen molar-refractivity contribution in [3.63, 3.8) is 0 Å². The van der Waals surface area contributed by atoms with Gasteiger partial charge in [-0.25, -0.2) is 0 Å². The first kappa shape index (κ1) is 25.0. The highest BCUT2D eigenvalue weighted by molar-refractivity contribution is 5.59. The van der Waals surface area contributed by atoms with Gasteiger partial charge in [0.15, 0.2) is 0 Å². The summed E-state index contributed by atoms with van der Waals surface area (Å²) >= 11 is 0. The normalized spacial score (nSPS) is 11.0. The summed E-state index contributed by atoms with van der Waals surface area (Å²) in [5.74, 6) is 0.981. The standard InChI is InChI=1S/C31H41NO/c1-3-5-7-8-9-11-28-18-23-31(32-25-28)29-19-14-26(15-20-29)12-13-27-16-21-30(22-17-27)33-24-10-6-4-2/h14-23,25H,3-13,24H2,1-2H3. The van der Waals surface area contributed by atoms with Crippen molar-refractivity contribution in [2.24, 2.45) is 0 Å². The van der Waals surface area contributed by atoms with Crippen LogP contribution in [-0.4, -0.2) is 11.6 Å². The molecule has 0 bridgehead atoms. The molecule has 0 amide bonds. The van der Waals surface area contributed by atoms with Crippen LogP contribution in [0.3, 0.4) is 0 Å². The molecule has 0 spiro atoms. The lowest BCUT2D eigenvalue weighted by atomic mass is 10.0. The van der Waals surface area contributed by atoms with Gasteiger partial charge in [0.1, 0.15) is 5.75 Å². The molecule has 176 valence electrons. The van der Waals surface area contributed by atoms with Crippen molar-refractivity contribution in [2.75, 3.05) is 6.61 Å². The lowest BCUT2D eigenvalue weighted by Gasteiger charge is -2.08. The fourth-order valence-electron chi connectivity index (χ4n) is 4.10. The SMILES string of the molecule is CCCCCCCc1ccc(-c2ccc(CCc3ccc(OCCCCC)cc3)cc2)nc1. The lowest BCUT2D eigenvalue weighted by molar-refractivity contribution is 0.306. The van der Waals surface area contributed by atoms with Gasteiger partial charge in [-0.05, 0) is 67.0 Å². The second-order valence-electron chi connectivity index (χ2n) is 9.11. The summed E-state index contributed by atoms with van der Waals surface area (Å²) in [6.45, 7) is 5.29. The third-order valence-corrected chi connectivity index (χ3v) is 6.29. The number of hydrogen-bond donors (Lipinski definition) is 0. The van der Waals surface area contributed by atoms with Crippen molar-refractivity contribution < 1.29 is 4.74 Å². The van der Waals surface area contributed by atoms with Crippen molar-refractivity contribution in [1.82, 2.24) is 4.98 Å². The summed E-state index contributed by atoms with van der Waals surface area (Å²) in [6.07, 6.45) is 15.5. The summed E-state index contributed by atoms with van der Waals surface area (Å²) in [7, 11) is 0. The topological polar surface area (TPSA) is 22.1 Å². The zero-order valence-electron chi connectivity index (χ0n) is 20.7. The molecule has 0 aliphatic heterocycles. The number of ether oxygens (including phenoxy) is 1. The Morgan fingerprint density at radius 3 is 1.82 bits per heavy atom. The monoisotopic (exact) mass is 443 g/mol. The maximum atomic E-state index is 5.82. The quantitative estimate of drug-likeness (QED) is 0.219. The number of unbranched alkanes of at least 4 members (excludes halogenated alkanes) is 6. The molecular weight excluding hydrogens is 402 g/mol. The predicted molar refractivity (Wildman–Crippen MR) is 141 cm³/mol. The van der Waals surface area contributed by atoms with Gasteiger partial charge in [0.2, 0.25) is 0 Å². The molecule has 1 aromatic heterocycles. The Hall–Kier alpha value is -2.61. The molecule has 33 heavy (non-hydrogen) atoms. The number of hydrogen-bond acceptors (Lipinski definition) is 2. The minimum atomic E-state index is 0.816. The third kappa shape index (κ3) is 9.04. The van der Waals surface area contributed by atoms with Gasteiger partial charge in [0, 0.05) is 11.8 Å². The fourth-order valence-corrected chi connectivity index (χ4v) is 4.10. The van der Waals surface area contributed by atoms with Gasteiger partial charge in [0.05, 0.1) is 12.3 Å². The maximum Gasteiger partial charge on any atom is 0.119 e. The molecule has 0 aliphatic carbocycles. The summed E-state index contributed by atoms with van der Waals surface area (Å²) in [5, 5.41) is 0. The Labute approximate surface area is 201 Å². The van der Waals surface area contributed by atoms with Crippen LogP contribution in [-0.2, 0) is 19.3 Å². The highest BCUT2D eigenvalue weighted by Gasteiger charge is 2.03. The first-order chi connectivity index (χ1) is 16.3. The maximum absolute atomic E-state index is 5.82. The Morgan fingerprint density at radius 2 is 1.18 bits per heavy atom. The lowest BCUT2D eigenvalue weighted by Crippen LogP contribution is -1.97. The van der Waals surface area contributed by atoms with Crippen molar-refractivity contribution in [3.8, 4) is 17.0 Å². The van der Waals surface area contributed by atoms with E-state index >= 15 is 0 Å². The molecule has 0 fully saturated rings. The Kier molecular flexibility index (Phi) is 11.0. The number of rotatable bonds is 15. The Balaban J connectivity index is 1.43. The summed E-state index contributed by atoms with van der Waals surface area (Å²) in [4.78, 5) is 4.72. The molecule has 0 radical (unpaired) electrons. The molecule has 0 unspecified atom stereocenters. The smallest absolute Gasteiger partial charge is 0.119 e. The van der Waals surface area contributed by atoms with E-state index in [1.807, 2.05) is 0 Å². The summed E-state index contributed by atoms with van der Waals surface area (Å²) < 4.78 is 5.82. The minimum Gasteiger partial charge on any atom is -0.494 e. The van der Waals surface area contributed by atoms with E-state index in [1.165, 1.54) is 67.2 Å². The van der Waals surface area contributed by atoms with E-state index in [0.717, 1.165) is 43.7 Å². The second-order valence-corrected chi connectivity index (χ2v) is 9.11. The molecule has 0 atom stereocenters. The van der Waals surface area contributed by atoms with Crippen molar-refractivity contribution in [3.05, 3.63) is 83.6 Å². The Bertz CT molecular complexity index is 897. The largest absolute Gasteiger partial charge is 0.494 e. The van der Waals surface area contributed by atoms with Gasteiger partial charge >= 0.3 is 0 Å². The van der Waals surface area contributed by atoms with Crippen molar-refractivity contribution >= 4 is 0 Å². The van der Waals surface area contributed by atoms with E-state index in [9.17, 15) is 0 Å². The number of aromatic nitrogens is 1. The van der Waals surface area contributed by atoms with Crippen LogP contribution in [0.1, 0.15) is 81.9 Å². The molecule has 0 aliphatic rings. The van der Waals surface area contributed by atoms with Gasteiger partial charge in [-0.3, -0.25) is 4.98 Å². The highest BCUT2D eigenvalue weighted by Crippen LogP contribution is 2.20.